The summed E-state index contributed by atoms with van der Waals surface area (Å²) >= 11 is 0. The van der Waals surface area contributed by atoms with Gasteiger partial charge in [-0.3, -0.25) is 0 Å². The molecular formula is C135H242. The van der Waals surface area contributed by atoms with Crippen molar-refractivity contribution in [3.63, 3.8) is 0 Å². The molecule has 782 valence electrons. The fraction of sp³-hybridized carbons (Fsp3) is 1.00. The van der Waals surface area contributed by atoms with Crippen molar-refractivity contribution in [2.45, 2.75) is 694 Å². The molecule has 1 spiro atoms. The molecule has 0 unspecified atom stereocenters. The van der Waals surface area contributed by atoms with Gasteiger partial charge in [-0.25, -0.2) is 0 Å². The highest BCUT2D eigenvalue weighted by molar-refractivity contribution is 4.98. The summed E-state index contributed by atoms with van der Waals surface area (Å²) in [7, 11) is 0. The van der Waals surface area contributed by atoms with E-state index >= 15 is 0 Å². The molecule has 38 rings (SSSR count). The summed E-state index contributed by atoms with van der Waals surface area (Å²) < 4.78 is 0. The molecule has 0 N–H and O–H groups in total. The van der Waals surface area contributed by atoms with Gasteiger partial charge in [-0.1, -0.05) is 514 Å². The van der Waals surface area contributed by atoms with Crippen molar-refractivity contribution in [1.29, 1.82) is 0 Å². The predicted octanol–water partition coefficient (Wildman–Crippen LogP) is 45.3. The van der Waals surface area contributed by atoms with E-state index in [9.17, 15) is 0 Å². The van der Waals surface area contributed by atoms with Crippen LogP contribution < -0.4 is 0 Å². The van der Waals surface area contributed by atoms with Gasteiger partial charge in [0, 0.05) is 0 Å². The minimum Gasteiger partial charge on any atom is -0.0594 e. The molecule has 0 aromatic carbocycles. The average molecular weight is 1870 g/mol. The zero-order valence-corrected chi connectivity index (χ0v) is 92.1. The van der Waals surface area contributed by atoms with Crippen LogP contribution >= 0.6 is 0 Å². The van der Waals surface area contributed by atoms with Crippen molar-refractivity contribution in [1.82, 2.24) is 0 Å². The second-order valence-electron chi connectivity index (χ2n) is 56.8. The molecule has 0 radical (unpaired) electrons. The Morgan fingerprint density at radius 2 is 0.267 bits per heavy atom. The maximum atomic E-state index is 2.54. The molecule has 38 saturated carbocycles. The maximum Gasteiger partial charge on any atom is -0.0297 e. The van der Waals surface area contributed by atoms with Gasteiger partial charge in [0.25, 0.3) is 0 Å². The number of hydrogen-bond acceptors (Lipinski definition) is 0. The summed E-state index contributed by atoms with van der Waals surface area (Å²) in [6, 6.07) is 0. The Hall–Kier alpha value is 0. The first-order chi connectivity index (χ1) is 66.7. The van der Waals surface area contributed by atoms with E-state index in [1.807, 2.05) is 0 Å². The molecule has 0 amide bonds. The van der Waals surface area contributed by atoms with Gasteiger partial charge in [0.05, 0.1) is 0 Å². The summed E-state index contributed by atoms with van der Waals surface area (Å²) in [5.74, 6) is 29.5. The van der Waals surface area contributed by atoms with Crippen LogP contribution in [-0.2, 0) is 0 Å². The van der Waals surface area contributed by atoms with Gasteiger partial charge in [0.1, 0.15) is 0 Å². The van der Waals surface area contributed by atoms with Crippen molar-refractivity contribution >= 4 is 0 Å². The van der Waals surface area contributed by atoms with Gasteiger partial charge in [-0.05, 0) is 339 Å². The lowest BCUT2D eigenvalue weighted by Gasteiger charge is -2.49. The van der Waals surface area contributed by atoms with Gasteiger partial charge in [0.15, 0.2) is 0 Å². The first-order valence-corrected chi connectivity index (χ1v) is 66.7. The second-order valence-corrected chi connectivity index (χ2v) is 56.8. The topological polar surface area (TPSA) is 0 Å². The predicted molar refractivity (Wildman–Crippen MR) is 592 cm³/mol. The van der Waals surface area contributed by atoms with Gasteiger partial charge < -0.3 is 0 Å². The van der Waals surface area contributed by atoms with E-state index < -0.39 is 0 Å². The van der Waals surface area contributed by atoms with Crippen molar-refractivity contribution < 1.29 is 0 Å². The molecule has 0 heteroatoms. The van der Waals surface area contributed by atoms with Crippen molar-refractivity contribution in [2.75, 3.05) is 0 Å². The van der Waals surface area contributed by atoms with Gasteiger partial charge >= 0.3 is 0 Å². The Balaban J connectivity index is 0.000000109. The molecule has 38 aliphatic rings. The number of fused-ring (bicyclic) bond motifs is 14. The van der Waals surface area contributed by atoms with Crippen LogP contribution in [0.2, 0.25) is 0 Å². The first kappa shape index (κ1) is 109. The lowest BCUT2D eigenvalue weighted by atomic mass is 9.56. The van der Waals surface area contributed by atoms with E-state index in [1.165, 1.54) is 484 Å². The zero-order valence-electron chi connectivity index (χ0n) is 92.1. The summed E-state index contributed by atoms with van der Waals surface area (Å²) in [6.45, 7) is 2.54. The van der Waals surface area contributed by atoms with E-state index in [1.54, 1.807) is 321 Å². The van der Waals surface area contributed by atoms with E-state index in [4.69, 9.17) is 0 Å². The standard InChI is InChI=1S/2C11H20.C10H16.C10H18.3C8H14.C8H16.2C7H12.C7H14.2C6H10.C6H12.2C5H8.C5H10.C4H8.C3H6/c1-11-8-4-2-6-10(11)7-3-5-9-11;1-3-7-11(8-4-1)9-5-2-6-10-11;1-7-2-9-4-8(1)5-10(3-7)6-9;1-2-6-10-8-4-3-7-9(10)5-1;1-3-7-5-2-6-8(7)4-1;1-2-8-5-3-7(1)4-6-8;1-2-4-8-6-5-7(8)3-1;1-2-4-6-8-7-5-3-1;1-2-7-4-3-6(1)5-7;1-2-6-4-7(3-1)5-6;1-2-4-6-7-5-3-1;1-2-6-3-5(1)4-6;1-2-5-4-6(5)3-1;1-2-4-6-5-3-1;1-4-2-5(1)3-4;1-2-5-3-4(1)5;1-2-4-5-3-1;1-2-4-3-1;1-2-3-1/h10H,2-9H2,1H3;1-10H2;7-10H,1-6H2;9-10H,1-8H2;3*7-8H,1-6H2;1-8H2;2*6-7H,1-5H2;1-7H2;2*5-6H,1-4H2;1-6H2;2*4-5H,1-3H2;1-5H2;1-4H2;1-3H2/t;;;;;;7-,8+;;;;;;5-,6+;;;4-,5+;;;. The minimum absolute atomic E-state index is 0.774. The fourth-order valence-corrected chi connectivity index (χ4v) is 35.1. The third kappa shape index (κ3) is 41.2. The Bertz CT molecular complexity index is 2550. The molecule has 38 fully saturated rings. The maximum absolute atomic E-state index is 2.54. The highest BCUT2D eigenvalue weighted by Crippen LogP contribution is 2.58. The Morgan fingerprint density at radius 1 is 0.104 bits per heavy atom. The number of rotatable bonds is 0. The number of hydrogen-bond donors (Lipinski definition) is 0. The monoisotopic (exact) mass is 1860 g/mol. The minimum atomic E-state index is 0.774. The van der Waals surface area contributed by atoms with Crippen LogP contribution in [0.15, 0.2) is 0 Å². The van der Waals surface area contributed by atoms with Crippen molar-refractivity contribution in [3.8, 4) is 0 Å². The SMILES string of the molecule is C1C2CC1C2.C1C2CC3CC1CC(C2)C3.C1CC1.C1CC2CC(C1)C2.C1CC2CC1C2.C1CC2CCC1C2.C1CC2CCC1CC2.C1CC2CCCC2C1.C1CCC1.C1CCC2(CC1)CCCCC2.C1CCC2CCCCC2C1.C1CCCC1.C1CCCCC1.C1CCCCCC1.C1CCCCCCC1.C1CC[C@H]2CC[C@H]2C1.C1C[C@@H]2C[C@@H]2C1.C1C[C@H]2C[C@@H]12.CC12CCCCC1CCCC2. The molecule has 0 aliphatic heterocycles. The van der Waals surface area contributed by atoms with Crippen LogP contribution in [0.25, 0.3) is 0 Å². The third-order valence-electron chi connectivity index (χ3n) is 45.8. The molecule has 0 heterocycles. The summed E-state index contributed by atoms with van der Waals surface area (Å²) in [4.78, 5) is 0. The zero-order chi connectivity index (χ0) is 92.1. The van der Waals surface area contributed by atoms with Crippen LogP contribution in [0.3, 0.4) is 0 Å². The molecule has 0 nitrogen and oxygen atoms in total. The first-order valence-electron chi connectivity index (χ1n) is 66.7. The summed E-state index contributed by atoms with van der Waals surface area (Å²) in [5.41, 5.74) is 1.63. The highest BCUT2D eigenvalue weighted by atomic mass is 14.5. The normalized spacial score (nSPS) is 41.2. The molecule has 14 bridgehead atoms. The van der Waals surface area contributed by atoms with E-state index in [-0.39, 0.29) is 0 Å². The molecule has 0 aromatic heterocycles. The second kappa shape index (κ2) is 63.0. The van der Waals surface area contributed by atoms with Crippen molar-refractivity contribution in [3.05, 3.63) is 0 Å². The summed E-state index contributed by atoms with van der Waals surface area (Å²) in [5, 5.41) is 0. The van der Waals surface area contributed by atoms with E-state index in [0.29, 0.717) is 0 Å². The molecule has 0 aromatic rings. The molecule has 135 heavy (non-hydrogen) atoms. The molecular weight excluding hydrogens is 1620 g/mol. The van der Waals surface area contributed by atoms with Crippen LogP contribution in [0, 0.1) is 159 Å². The Labute approximate surface area is 847 Å². The average Bonchev–Trinajstić information content (AvgIpc) is 1.24. The molecule has 0 saturated heterocycles. The van der Waals surface area contributed by atoms with E-state index in [2.05, 4.69) is 6.92 Å². The quantitative estimate of drug-likeness (QED) is 0.212. The van der Waals surface area contributed by atoms with Crippen LogP contribution in [0.1, 0.15) is 694 Å². The smallest absolute Gasteiger partial charge is 0.0297 e. The van der Waals surface area contributed by atoms with E-state index in [0.717, 1.165) is 40.4 Å². The Kier molecular flexibility index (Phi) is 50.9. The Morgan fingerprint density at radius 3 is 0.422 bits per heavy atom. The molecule has 38 aliphatic carbocycles. The van der Waals surface area contributed by atoms with Crippen LogP contribution in [-0.4, -0.2) is 0 Å². The van der Waals surface area contributed by atoms with Gasteiger partial charge in [-0.2, -0.15) is 0 Å². The fourth-order valence-electron chi connectivity index (χ4n) is 35.1. The van der Waals surface area contributed by atoms with Crippen molar-refractivity contribution in [2.24, 2.45) is 159 Å². The van der Waals surface area contributed by atoms with Gasteiger partial charge in [-0.15, -0.1) is 0 Å². The third-order valence-corrected chi connectivity index (χ3v) is 45.8. The van der Waals surface area contributed by atoms with Gasteiger partial charge in [0.2, 0.25) is 0 Å². The lowest BCUT2D eigenvalue weighted by molar-refractivity contribution is 0.0197. The largest absolute Gasteiger partial charge is 0.0594 e. The van der Waals surface area contributed by atoms with Crippen LogP contribution in [0.4, 0.5) is 0 Å². The lowest BCUT2D eigenvalue weighted by Crippen LogP contribution is -2.38. The van der Waals surface area contributed by atoms with Crippen LogP contribution in [0.5, 0.6) is 0 Å². The molecule has 6 atom stereocenters. The highest BCUT2D eigenvalue weighted by Gasteiger charge is 2.46. The summed E-state index contributed by atoms with van der Waals surface area (Å²) in [6.07, 6.45) is 165.